The normalized spacial score (nSPS) is 15.1. The molecule has 0 spiro atoms. The number of rotatable bonds is 13. The Kier molecular flexibility index (Phi) is 11.6. The summed E-state index contributed by atoms with van der Waals surface area (Å²) in [5.74, 6) is 3.24. The first kappa shape index (κ1) is 33.1. The Bertz CT molecular complexity index is 1470. The summed E-state index contributed by atoms with van der Waals surface area (Å²) in [5.41, 5.74) is 4.47. The fourth-order valence-corrected chi connectivity index (χ4v) is 5.19. The van der Waals surface area contributed by atoms with Crippen molar-refractivity contribution < 1.29 is 32.7 Å². The highest BCUT2D eigenvalue weighted by Crippen LogP contribution is 2.20. The van der Waals surface area contributed by atoms with Gasteiger partial charge in [0, 0.05) is 19.6 Å². The number of benzene rings is 3. The van der Waals surface area contributed by atoms with Gasteiger partial charge in [0.05, 0.1) is 20.1 Å². The van der Waals surface area contributed by atoms with Gasteiger partial charge in [0.2, 0.25) is 17.7 Å². The van der Waals surface area contributed by atoms with Gasteiger partial charge in [0.15, 0.2) is 0 Å². The molecule has 12 heteroatoms. The van der Waals surface area contributed by atoms with Gasteiger partial charge in [-0.2, -0.15) is 0 Å². The molecule has 1 unspecified atom stereocenters. The lowest BCUT2D eigenvalue weighted by atomic mass is 10.1. The predicted octanol–water partition coefficient (Wildman–Crippen LogP) is 2.25. The van der Waals surface area contributed by atoms with Crippen LogP contribution in [0.4, 0.5) is 8.78 Å². The van der Waals surface area contributed by atoms with Gasteiger partial charge in [-0.3, -0.25) is 24.6 Å². The van der Waals surface area contributed by atoms with Crippen LogP contribution in [0, 0.1) is 11.6 Å². The highest BCUT2D eigenvalue weighted by Gasteiger charge is 2.39. The van der Waals surface area contributed by atoms with E-state index in [1.165, 1.54) is 39.0 Å². The van der Waals surface area contributed by atoms with Crippen LogP contribution in [0.2, 0.25) is 0 Å². The fourth-order valence-electron chi connectivity index (χ4n) is 5.19. The van der Waals surface area contributed by atoms with Crippen LogP contribution < -0.4 is 16.0 Å². The number of amides is 4. The number of carbonyl (C=O) groups excluding carboxylic acids is 4. The molecule has 10 nitrogen and oxygen atoms in total. The molecule has 4 rings (SSSR count). The second kappa shape index (κ2) is 15.8. The van der Waals surface area contributed by atoms with E-state index in [0.29, 0.717) is 25.0 Å². The van der Waals surface area contributed by atoms with Crippen molar-refractivity contribution in [2.24, 2.45) is 5.84 Å². The summed E-state index contributed by atoms with van der Waals surface area (Å²) in [6.45, 7) is -0.209. The Balaban J connectivity index is 1.57. The van der Waals surface area contributed by atoms with Gasteiger partial charge in [-0.25, -0.2) is 14.6 Å². The second-order valence-electron chi connectivity index (χ2n) is 10.8. The smallest absolute Gasteiger partial charge is 0.253 e. The molecule has 1 heterocycles. The van der Waals surface area contributed by atoms with Crippen molar-refractivity contribution in [1.82, 2.24) is 20.1 Å². The number of halogens is 2. The molecule has 3 aromatic rings. The molecule has 0 saturated carbocycles. The molecule has 238 valence electrons. The number of hydrogen-bond acceptors (Lipinski definition) is 6. The Hall–Kier alpha value is -4.84. The van der Waals surface area contributed by atoms with Crippen LogP contribution in [0.1, 0.15) is 23.1 Å². The van der Waals surface area contributed by atoms with Gasteiger partial charge in [-0.1, -0.05) is 36.4 Å². The van der Waals surface area contributed by atoms with Crippen molar-refractivity contribution in [2.45, 2.75) is 31.7 Å². The van der Waals surface area contributed by atoms with E-state index in [2.05, 4.69) is 0 Å². The molecule has 1 saturated heterocycles. The summed E-state index contributed by atoms with van der Waals surface area (Å²) in [6.07, 6.45) is 0.801. The molecule has 0 radical (unpaired) electrons. The summed E-state index contributed by atoms with van der Waals surface area (Å²) >= 11 is 0. The molecule has 3 N–H and O–H groups in total. The van der Waals surface area contributed by atoms with Crippen LogP contribution in [0.25, 0.3) is 0 Å². The Labute approximate surface area is 260 Å². The molecule has 1 fully saturated rings. The first-order chi connectivity index (χ1) is 21.7. The molecule has 3 aromatic carbocycles. The quantitative estimate of drug-likeness (QED) is 0.171. The maximum Gasteiger partial charge on any atom is 0.253 e. The third-order valence-corrected chi connectivity index (χ3v) is 7.80. The van der Waals surface area contributed by atoms with Crippen LogP contribution in [-0.2, 0) is 38.4 Å². The molecule has 45 heavy (non-hydrogen) atoms. The van der Waals surface area contributed by atoms with Gasteiger partial charge >= 0.3 is 0 Å². The van der Waals surface area contributed by atoms with Crippen molar-refractivity contribution in [3.05, 3.63) is 101 Å². The fraction of sp³-hybridized carbons (Fsp3) is 0.333. The summed E-state index contributed by atoms with van der Waals surface area (Å²) in [7, 11) is 1.56. The second-order valence-corrected chi connectivity index (χ2v) is 10.8. The van der Waals surface area contributed by atoms with E-state index >= 15 is 0 Å². The maximum absolute atomic E-state index is 14.1. The largest absolute Gasteiger partial charge is 0.497 e. The highest BCUT2D eigenvalue weighted by atomic mass is 19.1. The number of nitrogens with two attached hydrogens (primary N) is 1. The van der Waals surface area contributed by atoms with E-state index in [-0.39, 0.29) is 45.0 Å². The lowest BCUT2D eigenvalue weighted by Crippen LogP contribution is -2.54. The monoisotopic (exact) mass is 621 g/mol. The third kappa shape index (κ3) is 9.32. The van der Waals surface area contributed by atoms with Gasteiger partial charge in [0.1, 0.15) is 30.0 Å². The van der Waals surface area contributed by atoms with E-state index in [1.807, 2.05) is 17.6 Å². The lowest BCUT2D eigenvalue weighted by molar-refractivity contribution is -0.146. The van der Waals surface area contributed by atoms with Gasteiger partial charge in [0.25, 0.3) is 5.91 Å². The first-order valence-electron chi connectivity index (χ1n) is 14.6. The zero-order valence-electron chi connectivity index (χ0n) is 25.1. The number of nitrogens with one attached hydrogen (secondary N) is 1. The Morgan fingerprint density at radius 1 is 0.844 bits per heavy atom. The molecule has 0 aromatic heterocycles. The third-order valence-electron chi connectivity index (χ3n) is 7.80. The average molecular weight is 622 g/mol. The van der Waals surface area contributed by atoms with Gasteiger partial charge in [-0.15, -0.1) is 0 Å². The zero-order chi connectivity index (χ0) is 32.3. The van der Waals surface area contributed by atoms with E-state index < -0.39 is 35.5 Å². The first-order valence-corrected chi connectivity index (χ1v) is 14.6. The van der Waals surface area contributed by atoms with E-state index in [4.69, 9.17) is 10.6 Å². The lowest BCUT2D eigenvalue weighted by Gasteiger charge is -2.33. The number of methoxy groups -OCH3 is 1. The van der Waals surface area contributed by atoms with Crippen LogP contribution in [-0.4, -0.2) is 84.2 Å². The molecular formula is C33H37F2N5O5. The van der Waals surface area contributed by atoms with Crippen molar-refractivity contribution in [3.8, 4) is 5.75 Å². The van der Waals surface area contributed by atoms with Crippen LogP contribution in [0.15, 0.2) is 72.8 Å². The summed E-state index contributed by atoms with van der Waals surface area (Å²) in [5, 5.41) is 0. The molecule has 0 bridgehead atoms. The Morgan fingerprint density at radius 3 is 1.93 bits per heavy atom. The van der Waals surface area contributed by atoms with Gasteiger partial charge in [-0.05, 0) is 72.4 Å². The molecule has 0 aliphatic carbocycles. The summed E-state index contributed by atoms with van der Waals surface area (Å²) in [6, 6.07) is 17.8. The molecule has 1 aliphatic rings. The van der Waals surface area contributed by atoms with E-state index in [1.54, 1.807) is 43.5 Å². The van der Waals surface area contributed by atoms with Crippen molar-refractivity contribution in [2.75, 3.05) is 39.8 Å². The number of carbonyl (C=O) groups is 4. The van der Waals surface area contributed by atoms with E-state index in [0.717, 1.165) is 16.7 Å². The molecular weight excluding hydrogens is 584 g/mol. The molecule has 1 atom stereocenters. The highest BCUT2D eigenvalue weighted by molar-refractivity contribution is 5.97. The zero-order valence-corrected chi connectivity index (χ0v) is 25.1. The minimum absolute atomic E-state index is 0.0926. The average Bonchev–Trinajstić information content (AvgIpc) is 3.17. The van der Waals surface area contributed by atoms with Crippen molar-refractivity contribution >= 4 is 23.6 Å². The summed E-state index contributed by atoms with van der Waals surface area (Å²) < 4.78 is 32.1. The van der Waals surface area contributed by atoms with Gasteiger partial charge < -0.3 is 19.4 Å². The topological polar surface area (TPSA) is 125 Å². The minimum atomic E-state index is -1.18. The molecule has 4 amide bonds. The summed E-state index contributed by atoms with van der Waals surface area (Å²) in [4.78, 5) is 57.8. The predicted molar refractivity (Wildman–Crippen MR) is 163 cm³/mol. The molecule has 1 aliphatic heterocycles. The SMILES string of the molecule is COc1ccc(CCN(CC(=O)NN)C(=O)C2CC(=O)N(CCc3ccc(F)cc3)CC(=O)N2CCc2ccc(F)cc2)cc1. The van der Waals surface area contributed by atoms with Crippen LogP contribution in [0.3, 0.4) is 0 Å². The standard InChI is InChI=1S/C33H37F2N5O5/c1-45-28-12-6-25(7-13-28)15-18-39(21-30(41)37-36)33(44)29-20-31(42)38(17-14-23-2-8-26(34)9-3-23)22-32(43)40(29)19-16-24-4-10-27(35)11-5-24/h2-13,29H,14-22,36H2,1H3,(H,37,41). The maximum atomic E-state index is 14.1. The Morgan fingerprint density at radius 2 is 1.38 bits per heavy atom. The van der Waals surface area contributed by atoms with Crippen LogP contribution in [0.5, 0.6) is 5.75 Å². The number of hydrogen-bond donors (Lipinski definition) is 2. The number of nitrogens with zero attached hydrogens (tertiary/aromatic N) is 3. The minimum Gasteiger partial charge on any atom is -0.497 e. The van der Waals surface area contributed by atoms with E-state index in [9.17, 15) is 28.0 Å². The van der Waals surface area contributed by atoms with Crippen molar-refractivity contribution in [3.63, 3.8) is 0 Å². The van der Waals surface area contributed by atoms with Crippen LogP contribution >= 0.6 is 0 Å². The van der Waals surface area contributed by atoms with Crippen molar-refractivity contribution in [1.29, 1.82) is 0 Å². The number of ether oxygens (including phenoxy) is 1. The number of hydrazine groups is 1.